The molecule has 1 fully saturated rings. The number of β-amino-alcohol motifs (C(OH)–C–C–N with tert-alkyl or cyclic N) is 1. The zero-order valence-electron chi connectivity index (χ0n) is 18.3. The Morgan fingerprint density at radius 2 is 2.03 bits per heavy atom. The molecule has 2 aliphatic rings. The second kappa shape index (κ2) is 9.85. The summed E-state index contributed by atoms with van der Waals surface area (Å²) >= 11 is 0. The molecule has 1 aromatic carbocycles. The zero-order valence-corrected chi connectivity index (χ0v) is 18.3. The van der Waals surface area contributed by atoms with E-state index in [9.17, 15) is 9.90 Å². The van der Waals surface area contributed by atoms with Crippen LogP contribution >= 0.6 is 0 Å². The normalized spacial score (nSPS) is 19.4. The molecule has 7 nitrogen and oxygen atoms in total. The molecule has 3 N–H and O–H groups in total. The topological polar surface area (TPSA) is 90.4 Å². The number of aliphatic hydroxyl groups is 1. The van der Waals surface area contributed by atoms with Crippen LogP contribution in [0.4, 0.5) is 0 Å². The molecule has 1 saturated heterocycles. The molecule has 2 aliphatic heterocycles. The quantitative estimate of drug-likeness (QED) is 0.626. The van der Waals surface area contributed by atoms with Crippen LogP contribution in [0.15, 0.2) is 36.7 Å². The number of nitrogens with one attached hydrogen (secondary N) is 2. The minimum absolute atomic E-state index is 0.178. The molecule has 4 rings (SSSR count). The maximum atomic E-state index is 12.7. The fourth-order valence-electron chi connectivity index (χ4n) is 4.60. The van der Waals surface area contributed by atoms with Gasteiger partial charge in [0.05, 0.1) is 5.60 Å². The van der Waals surface area contributed by atoms with Gasteiger partial charge in [0.15, 0.2) is 0 Å². The molecule has 0 aliphatic carbocycles. The highest BCUT2D eigenvalue weighted by atomic mass is 16.3. The van der Waals surface area contributed by atoms with Crippen molar-refractivity contribution in [3.05, 3.63) is 59.2 Å². The van der Waals surface area contributed by atoms with E-state index in [1.807, 2.05) is 0 Å². The lowest BCUT2D eigenvalue weighted by Crippen LogP contribution is -2.49. The summed E-state index contributed by atoms with van der Waals surface area (Å²) in [6, 6.07) is 10.2. The van der Waals surface area contributed by atoms with Gasteiger partial charge in [-0.25, -0.2) is 9.97 Å². The van der Waals surface area contributed by atoms with Crippen LogP contribution < -0.4 is 10.6 Å². The van der Waals surface area contributed by atoms with Crippen molar-refractivity contribution in [2.45, 2.75) is 44.8 Å². The van der Waals surface area contributed by atoms with Gasteiger partial charge >= 0.3 is 0 Å². The van der Waals surface area contributed by atoms with Crippen LogP contribution in [-0.2, 0) is 19.4 Å². The largest absolute Gasteiger partial charge is 0.387 e. The Bertz CT molecular complexity index is 895. The molecule has 3 heterocycles. The van der Waals surface area contributed by atoms with Crippen molar-refractivity contribution in [1.29, 1.82) is 0 Å². The van der Waals surface area contributed by atoms with Crippen molar-refractivity contribution in [3.63, 3.8) is 0 Å². The Balaban J connectivity index is 1.29. The van der Waals surface area contributed by atoms with Gasteiger partial charge in [0.2, 0.25) is 0 Å². The van der Waals surface area contributed by atoms with Gasteiger partial charge in [0, 0.05) is 31.9 Å². The smallest absolute Gasteiger partial charge is 0.270 e. The molecular weight excluding hydrogens is 390 g/mol. The van der Waals surface area contributed by atoms with Crippen LogP contribution in [0.25, 0.3) is 0 Å². The molecule has 166 valence electrons. The molecule has 1 aromatic heterocycles. The molecule has 0 spiro atoms. The molecule has 2 aromatic rings. The lowest BCUT2D eigenvalue weighted by Gasteiger charge is -2.34. The molecule has 0 bridgehead atoms. The van der Waals surface area contributed by atoms with E-state index in [4.69, 9.17) is 0 Å². The Morgan fingerprint density at radius 3 is 2.84 bits per heavy atom. The summed E-state index contributed by atoms with van der Waals surface area (Å²) in [5.74, 6) is 0.334. The van der Waals surface area contributed by atoms with Crippen molar-refractivity contribution in [2.75, 3.05) is 32.7 Å². The summed E-state index contributed by atoms with van der Waals surface area (Å²) in [6.07, 6.45) is 5.59. The third-order valence-corrected chi connectivity index (χ3v) is 6.32. The number of hydrogen-bond donors (Lipinski definition) is 3. The number of hydrogen-bond acceptors (Lipinski definition) is 6. The maximum Gasteiger partial charge on any atom is 0.270 e. The van der Waals surface area contributed by atoms with E-state index >= 15 is 0 Å². The molecule has 31 heavy (non-hydrogen) atoms. The second-order valence-corrected chi connectivity index (χ2v) is 9.20. The predicted molar refractivity (Wildman–Crippen MR) is 120 cm³/mol. The van der Waals surface area contributed by atoms with Crippen LogP contribution in [0, 0.1) is 5.92 Å². The first-order valence-corrected chi connectivity index (χ1v) is 11.3. The first-order valence-electron chi connectivity index (χ1n) is 11.3. The van der Waals surface area contributed by atoms with Crippen LogP contribution in [0.5, 0.6) is 0 Å². The van der Waals surface area contributed by atoms with Crippen molar-refractivity contribution < 1.29 is 9.90 Å². The third-order valence-electron chi connectivity index (χ3n) is 6.32. The zero-order chi connectivity index (χ0) is 21.7. The van der Waals surface area contributed by atoms with Crippen molar-refractivity contribution in [2.24, 2.45) is 5.92 Å². The lowest BCUT2D eigenvalue weighted by molar-refractivity contribution is 0.0159. The summed E-state index contributed by atoms with van der Waals surface area (Å²) in [7, 11) is 0. The minimum atomic E-state index is -1.02. The third kappa shape index (κ3) is 6.09. The standard InChI is InChI=1S/C24H33N5O2/c1-24(31,16-29-11-8-19-4-2-3-5-20(19)14-29)15-26-23(30)22-13-21(27-17-28-22)12-18-6-9-25-10-7-18/h2-5,13,17-18,25,31H,6-12,14-16H2,1H3,(H,26,30). The van der Waals surface area contributed by atoms with Gasteiger partial charge in [-0.1, -0.05) is 24.3 Å². The van der Waals surface area contributed by atoms with Gasteiger partial charge < -0.3 is 15.7 Å². The van der Waals surface area contributed by atoms with Crippen molar-refractivity contribution >= 4 is 5.91 Å². The highest BCUT2D eigenvalue weighted by molar-refractivity contribution is 5.92. The Hall–Kier alpha value is -2.35. The number of rotatable bonds is 7. The first-order chi connectivity index (χ1) is 15.0. The van der Waals surface area contributed by atoms with Gasteiger partial charge in [0.25, 0.3) is 5.91 Å². The lowest BCUT2D eigenvalue weighted by atomic mass is 9.93. The van der Waals surface area contributed by atoms with E-state index in [-0.39, 0.29) is 12.5 Å². The van der Waals surface area contributed by atoms with Gasteiger partial charge in [-0.2, -0.15) is 0 Å². The van der Waals surface area contributed by atoms with E-state index < -0.39 is 5.60 Å². The summed E-state index contributed by atoms with van der Waals surface area (Å²) in [6.45, 7) is 6.28. The summed E-state index contributed by atoms with van der Waals surface area (Å²) in [4.78, 5) is 23.4. The Morgan fingerprint density at radius 1 is 1.26 bits per heavy atom. The molecule has 1 amide bonds. The first kappa shape index (κ1) is 21.9. The summed E-state index contributed by atoms with van der Waals surface area (Å²) in [5, 5.41) is 17.1. The van der Waals surface area contributed by atoms with E-state index in [1.54, 1.807) is 13.0 Å². The van der Waals surface area contributed by atoms with Crippen LogP contribution in [0.2, 0.25) is 0 Å². The number of aromatic nitrogens is 2. The van der Waals surface area contributed by atoms with Crippen LogP contribution in [0.1, 0.15) is 47.1 Å². The second-order valence-electron chi connectivity index (χ2n) is 9.20. The maximum absolute atomic E-state index is 12.7. The highest BCUT2D eigenvalue weighted by Gasteiger charge is 2.27. The van der Waals surface area contributed by atoms with Gasteiger partial charge in [0.1, 0.15) is 12.0 Å². The summed E-state index contributed by atoms with van der Waals surface area (Å²) < 4.78 is 0. The highest BCUT2D eigenvalue weighted by Crippen LogP contribution is 2.20. The molecule has 0 radical (unpaired) electrons. The number of benzene rings is 1. The van der Waals surface area contributed by atoms with E-state index in [0.29, 0.717) is 18.2 Å². The Kier molecular flexibility index (Phi) is 6.95. The minimum Gasteiger partial charge on any atom is -0.387 e. The van der Waals surface area contributed by atoms with Gasteiger partial charge in [-0.15, -0.1) is 0 Å². The number of fused-ring (bicyclic) bond motifs is 1. The van der Waals surface area contributed by atoms with Crippen molar-refractivity contribution in [1.82, 2.24) is 25.5 Å². The molecular formula is C24H33N5O2. The average Bonchev–Trinajstić information content (AvgIpc) is 2.78. The van der Waals surface area contributed by atoms with Gasteiger partial charge in [-0.05, 0) is 68.8 Å². The van der Waals surface area contributed by atoms with Crippen molar-refractivity contribution in [3.8, 4) is 0 Å². The average molecular weight is 424 g/mol. The molecule has 1 unspecified atom stereocenters. The molecule has 0 saturated carbocycles. The Labute approximate surface area is 184 Å². The van der Waals surface area contributed by atoms with Crippen LogP contribution in [-0.4, -0.2) is 64.2 Å². The van der Waals surface area contributed by atoms with E-state index in [2.05, 4.69) is 49.8 Å². The summed E-state index contributed by atoms with van der Waals surface area (Å²) in [5.41, 5.74) is 2.95. The monoisotopic (exact) mass is 423 g/mol. The number of carbonyl (C=O) groups is 1. The predicted octanol–water partition coefficient (Wildman–Crippen LogP) is 1.56. The number of amides is 1. The number of piperidine rings is 1. The number of nitrogens with zero attached hydrogens (tertiary/aromatic N) is 3. The SMILES string of the molecule is CC(O)(CNC(=O)c1cc(CC2CCNCC2)ncn1)CN1CCc2ccccc2C1. The van der Waals surface area contributed by atoms with E-state index in [1.165, 1.54) is 17.5 Å². The van der Waals surface area contributed by atoms with E-state index in [0.717, 1.165) is 57.6 Å². The van der Waals surface area contributed by atoms with Crippen LogP contribution in [0.3, 0.4) is 0 Å². The molecule has 1 atom stereocenters. The fourth-order valence-corrected chi connectivity index (χ4v) is 4.60. The van der Waals surface area contributed by atoms with Gasteiger partial charge in [-0.3, -0.25) is 9.69 Å². The fraction of sp³-hybridized carbons (Fsp3) is 0.542. The number of carbonyl (C=O) groups excluding carboxylic acids is 1. The molecule has 7 heteroatoms.